The van der Waals surface area contributed by atoms with Crippen molar-refractivity contribution in [2.75, 3.05) is 12.4 Å². The standard InChI is InChI=1S/C22H20N2O3/c1-16(18-9-6-10-19(15-18)17-7-4-3-5-8-17)24-27-22(25)23-20-11-13-21(26-2)14-12-20/h3-15H,1-2H3,(H,23,25). The molecule has 0 bridgehead atoms. The highest BCUT2D eigenvalue weighted by Gasteiger charge is 2.06. The van der Waals surface area contributed by atoms with Crippen molar-refractivity contribution in [3.63, 3.8) is 0 Å². The molecule has 0 aliphatic heterocycles. The van der Waals surface area contributed by atoms with Gasteiger partial charge in [-0.05, 0) is 53.9 Å². The molecule has 0 spiro atoms. The number of hydrogen-bond acceptors (Lipinski definition) is 4. The summed E-state index contributed by atoms with van der Waals surface area (Å²) in [6, 6.07) is 24.9. The predicted molar refractivity (Wildman–Crippen MR) is 107 cm³/mol. The first-order valence-electron chi connectivity index (χ1n) is 8.48. The number of ether oxygens (including phenoxy) is 1. The highest BCUT2D eigenvalue weighted by atomic mass is 16.7. The number of nitrogens with one attached hydrogen (secondary N) is 1. The molecule has 0 aromatic heterocycles. The number of nitrogens with zero attached hydrogens (tertiary/aromatic N) is 1. The Kier molecular flexibility index (Phi) is 5.84. The van der Waals surface area contributed by atoms with Crippen molar-refractivity contribution in [3.05, 3.63) is 84.4 Å². The fraction of sp³-hybridized carbons (Fsp3) is 0.0909. The largest absolute Gasteiger partial charge is 0.497 e. The SMILES string of the molecule is COc1ccc(NC(=O)ON=C(C)c2cccc(-c3ccccc3)c2)cc1. The van der Waals surface area contributed by atoms with E-state index in [4.69, 9.17) is 9.57 Å². The molecule has 0 saturated carbocycles. The smallest absolute Gasteiger partial charge is 0.437 e. The topological polar surface area (TPSA) is 59.9 Å². The molecule has 0 atom stereocenters. The van der Waals surface area contributed by atoms with E-state index in [1.807, 2.05) is 54.6 Å². The Hall–Kier alpha value is -3.60. The number of rotatable bonds is 5. The van der Waals surface area contributed by atoms with Gasteiger partial charge in [-0.15, -0.1) is 0 Å². The van der Waals surface area contributed by atoms with E-state index in [1.54, 1.807) is 38.3 Å². The molecule has 0 fully saturated rings. The van der Waals surface area contributed by atoms with Gasteiger partial charge in [-0.3, -0.25) is 10.2 Å². The molecule has 136 valence electrons. The molecule has 5 nitrogen and oxygen atoms in total. The van der Waals surface area contributed by atoms with Gasteiger partial charge >= 0.3 is 6.09 Å². The van der Waals surface area contributed by atoms with E-state index in [9.17, 15) is 4.79 Å². The lowest BCUT2D eigenvalue weighted by atomic mass is 10.0. The number of methoxy groups -OCH3 is 1. The van der Waals surface area contributed by atoms with E-state index in [0.717, 1.165) is 16.7 Å². The van der Waals surface area contributed by atoms with Crippen molar-refractivity contribution < 1.29 is 14.4 Å². The van der Waals surface area contributed by atoms with Crippen LogP contribution in [0.1, 0.15) is 12.5 Å². The summed E-state index contributed by atoms with van der Waals surface area (Å²) in [7, 11) is 1.58. The molecule has 5 heteroatoms. The normalized spacial score (nSPS) is 11.0. The van der Waals surface area contributed by atoms with Crippen LogP contribution in [0, 0.1) is 0 Å². The first-order chi connectivity index (χ1) is 13.2. The molecule has 0 aliphatic carbocycles. The van der Waals surface area contributed by atoms with Crippen LogP contribution in [0.5, 0.6) is 5.75 Å². The van der Waals surface area contributed by atoms with Crippen LogP contribution in [0.2, 0.25) is 0 Å². The third-order valence-electron chi connectivity index (χ3n) is 3.99. The minimum Gasteiger partial charge on any atom is -0.497 e. The molecule has 1 amide bonds. The Morgan fingerprint density at radius 2 is 1.59 bits per heavy atom. The minimum atomic E-state index is -0.654. The van der Waals surface area contributed by atoms with Crippen molar-refractivity contribution in [1.29, 1.82) is 0 Å². The molecule has 0 heterocycles. The fourth-order valence-corrected chi connectivity index (χ4v) is 2.53. The lowest BCUT2D eigenvalue weighted by Gasteiger charge is -2.06. The summed E-state index contributed by atoms with van der Waals surface area (Å²) in [4.78, 5) is 16.9. The molecule has 0 aliphatic rings. The fourth-order valence-electron chi connectivity index (χ4n) is 2.53. The quantitative estimate of drug-likeness (QED) is 0.380. The first-order valence-corrected chi connectivity index (χ1v) is 8.48. The predicted octanol–water partition coefficient (Wildman–Crippen LogP) is 5.33. The summed E-state index contributed by atoms with van der Waals surface area (Å²) in [6.07, 6.45) is -0.654. The van der Waals surface area contributed by atoms with Crippen LogP contribution < -0.4 is 10.1 Å². The number of anilines is 1. The molecular weight excluding hydrogens is 340 g/mol. The molecule has 3 aromatic carbocycles. The second-order valence-corrected chi connectivity index (χ2v) is 5.86. The molecule has 0 unspecified atom stereocenters. The zero-order valence-corrected chi connectivity index (χ0v) is 15.2. The summed E-state index contributed by atoms with van der Waals surface area (Å²) in [5.41, 5.74) is 4.28. The van der Waals surface area contributed by atoms with Crippen LogP contribution in [0.25, 0.3) is 11.1 Å². The zero-order valence-electron chi connectivity index (χ0n) is 15.2. The number of benzene rings is 3. The van der Waals surface area contributed by atoms with Crippen LogP contribution in [0.4, 0.5) is 10.5 Å². The van der Waals surface area contributed by atoms with Gasteiger partial charge in [0.1, 0.15) is 5.75 Å². The van der Waals surface area contributed by atoms with E-state index in [-0.39, 0.29) is 0 Å². The van der Waals surface area contributed by atoms with Gasteiger partial charge in [0.2, 0.25) is 0 Å². The van der Waals surface area contributed by atoms with Crippen LogP contribution >= 0.6 is 0 Å². The summed E-state index contributed by atoms with van der Waals surface area (Å²) in [5, 5.41) is 6.55. The van der Waals surface area contributed by atoms with Gasteiger partial charge in [0.05, 0.1) is 12.8 Å². The molecule has 1 N–H and O–H groups in total. The molecular formula is C22H20N2O3. The lowest BCUT2D eigenvalue weighted by molar-refractivity contribution is 0.166. The van der Waals surface area contributed by atoms with E-state index < -0.39 is 6.09 Å². The van der Waals surface area contributed by atoms with Gasteiger partial charge in [-0.1, -0.05) is 53.7 Å². The molecule has 3 rings (SSSR count). The number of carbonyl (C=O) groups excluding carboxylic acids is 1. The van der Waals surface area contributed by atoms with Crippen molar-refractivity contribution in [3.8, 4) is 16.9 Å². The van der Waals surface area contributed by atoms with Gasteiger partial charge in [0.15, 0.2) is 0 Å². The van der Waals surface area contributed by atoms with E-state index in [2.05, 4.69) is 10.5 Å². The van der Waals surface area contributed by atoms with Gasteiger partial charge in [0.25, 0.3) is 0 Å². The third kappa shape index (κ3) is 4.95. The molecule has 0 radical (unpaired) electrons. The maximum absolute atomic E-state index is 11.9. The highest BCUT2D eigenvalue weighted by Crippen LogP contribution is 2.20. The van der Waals surface area contributed by atoms with Crippen molar-refractivity contribution in [2.24, 2.45) is 5.16 Å². The van der Waals surface area contributed by atoms with Crippen LogP contribution in [0.3, 0.4) is 0 Å². The second kappa shape index (κ2) is 8.67. The first kappa shape index (κ1) is 18.2. The third-order valence-corrected chi connectivity index (χ3v) is 3.99. The summed E-state index contributed by atoms with van der Waals surface area (Å²) in [6.45, 7) is 1.80. The number of hydrogen-bond donors (Lipinski definition) is 1. The summed E-state index contributed by atoms with van der Waals surface area (Å²) in [5.74, 6) is 0.709. The molecule has 3 aromatic rings. The maximum atomic E-state index is 11.9. The van der Waals surface area contributed by atoms with Crippen LogP contribution in [-0.4, -0.2) is 18.9 Å². The van der Waals surface area contributed by atoms with E-state index >= 15 is 0 Å². The monoisotopic (exact) mass is 360 g/mol. The number of oxime groups is 1. The second-order valence-electron chi connectivity index (χ2n) is 5.86. The van der Waals surface area contributed by atoms with Crippen molar-refractivity contribution in [1.82, 2.24) is 0 Å². The Bertz CT molecular complexity index is 935. The number of amides is 1. The Balaban J connectivity index is 1.65. The van der Waals surface area contributed by atoms with Crippen molar-refractivity contribution in [2.45, 2.75) is 6.92 Å². The Morgan fingerprint density at radius 3 is 2.30 bits per heavy atom. The van der Waals surface area contributed by atoms with E-state index in [1.165, 1.54) is 0 Å². The average molecular weight is 360 g/mol. The van der Waals surface area contributed by atoms with Gasteiger partial charge in [-0.25, -0.2) is 4.79 Å². The molecule has 27 heavy (non-hydrogen) atoms. The Morgan fingerprint density at radius 1 is 0.889 bits per heavy atom. The number of carbonyl (C=O) groups is 1. The van der Waals surface area contributed by atoms with Crippen LogP contribution in [0.15, 0.2) is 84.0 Å². The summed E-state index contributed by atoms with van der Waals surface area (Å²) < 4.78 is 5.08. The highest BCUT2D eigenvalue weighted by molar-refractivity contribution is 5.99. The van der Waals surface area contributed by atoms with E-state index in [0.29, 0.717) is 17.1 Å². The summed E-state index contributed by atoms with van der Waals surface area (Å²) >= 11 is 0. The van der Waals surface area contributed by atoms with Crippen LogP contribution in [-0.2, 0) is 4.84 Å². The zero-order chi connectivity index (χ0) is 19.1. The minimum absolute atomic E-state index is 0.597. The van der Waals surface area contributed by atoms with Gasteiger partial charge in [-0.2, -0.15) is 0 Å². The molecule has 0 saturated heterocycles. The lowest BCUT2D eigenvalue weighted by Crippen LogP contribution is -2.11. The average Bonchev–Trinajstić information content (AvgIpc) is 2.73. The van der Waals surface area contributed by atoms with Gasteiger partial charge in [0, 0.05) is 5.69 Å². The Labute approximate surface area is 158 Å². The maximum Gasteiger partial charge on any atom is 0.437 e. The van der Waals surface area contributed by atoms with Gasteiger partial charge < -0.3 is 4.74 Å². The van der Waals surface area contributed by atoms with Crippen molar-refractivity contribution >= 4 is 17.5 Å².